The summed E-state index contributed by atoms with van der Waals surface area (Å²) >= 11 is 3.61. The van der Waals surface area contributed by atoms with Crippen molar-refractivity contribution < 1.29 is 0 Å². The van der Waals surface area contributed by atoms with E-state index in [1.54, 1.807) is 0 Å². The van der Waals surface area contributed by atoms with Gasteiger partial charge in [-0.2, -0.15) is 0 Å². The van der Waals surface area contributed by atoms with Crippen LogP contribution in [0.15, 0.2) is 249 Å². The van der Waals surface area contributed by atoms with Crippen LogP contribution in [-0.4, -0.2) is 29.9 Å². The summed E-state index contributed by atoms with van der Waals surface area (Å²) in [5.74, 6) is 0. The van der Waals surface area contributed by atoms with Crippen LogP contribution in [0.25, 0.3) is 149 Å². The van der Waals surface area contributed by atoms with Gasteiger partial charge in [-0.1, -0.05) is 0 Å². The molecule has 0 radical (unpaired) electrons. The van der Waals surface area contributed by atoms with Gasteiger partial charge < -0.3 is 0 Å². The summed E-state index contributed by atoms with van der Waals surface area (Å²) in [5, 5.41) is 22.8. The van der Waals surface area contributed by atoms with E-state index >= 15 is 0 Å². The Labute approximate surface area is 447 Å². The predicted molar refractivity (Wildman–Crippen MR) is 321 cm³/mol. The van der Waals surface area contributed by atoms with E-state index in [1.165, 1.54) is 93.0 Å². The number of rotatable bonds is 8. The molecule has 0 aliphatic carbocycles. The van der Waals surface area contributed by atoms with Crippen LogP contribution in [0.1, 0.15) is 0 Å². The van der Waals surface area contributed by atoms with Crippen molar-refractivity contribution in [1.82, 2.24) is 15.4 Å². The number of fused-ring (bicyclic) bond motifs is 9. The Balaban J connectivity index is 1.22. The normalized spacial score (nSPS) is 11.7. The van der Waals surface area contributed by atoms with Crippen LogP contribution in [0.3, 0.4) is 0 Å². The molecule has 11 aromatic carbocycles. The van der Waals surface area contributed by atoms with Gasteiger partial charge in [-0.15, -0.1) is 0 Å². The second kappa shape index (κ2) is 18.1. The third-order valence-electron chi connectivity index (χ3n) is 14.8. The van der Waals surface area contributed by atoms with Crippen LogP contribution in [0, 0.1) is 0 Å². The fourth-order valence-corrected chi connectivity index (χ4v) is 16.6. The molecule has 0 atom stereocenters. The van der Waals surface area contributed by atoms with E-state index in [-0.39, 0.29) is 14.5 Å². The molecule has 0 aliphatic heterocycles. The van der Waals surface area contributed by atoms with Crippen LogP contribution in [0.2, 0.25) is 0 Å². The standard InChI is InChI=1S/C69H41N3S2Se/c1-4-22-42(23-5-1)45-28-10-11-29-46(45)47-30-12-13-31-48(47)62-63(52-35-20-39-56-60(52)49-32-14-17-37-54(49)73-56)59(43-24-6-2-7-25-43)69-64(51-34-16-19-41-58(51)75-69)66(62)68-65(67(70-72-71-68)44-26-8-3-9-27-44)53-36-21-40-57-61(53)50-33-15-18-38-55(50)74-57/h1-41H. The van der Waals surface area contributed by atoms with E-state index in [9.17, 15) is 0 Å². The first-order valence-corrected chi connectivity index (χ1v) is 28.5. The third-order valence-corrected chi connectivity index (χ3v) is 19.5. The maximum absolute atomic E-state index is 5.48. The molecule has 0 saturated heterocycles. The SMILES string of the molecule is c1ccc(-c2ccccc2-c2ccccc2-c2c(-c3cccc4sc5ccccc5c34)c(-c3ccccc3)c3[se]c4ccccc4c3c2-c2nnnc(-c3ccccc3)c2-c2cccc3sc4ccccc4c23)cc1. The van der Waals surface area contributed by atoms with E-state index in [4.69, 9.17) is 15.4 Å². The summed E-state index contributed by atoms with van der Waals surface area (Å²) in [4.78, 5) is 0. The molecule has 0 aliphatic rings. The van der Waals surface area contributed by atoms with Gasteiger partial charge >= 0.3 is 450 Å². The molecule has 6 heteroatoms. The van der Waals surface area contributed by atoms with Gasteiger partial charge in [0.15, 0.2) is 0 Å². The quantitative estimate of drug-likeness (QED) is 0.142. The summed E-state index contributed by atoms with van der Waals surface area (Å²) in [6.07, 6.45) is 0. The topological polar surface area (TPSA) is 38.7 Å². The minimum absolute atomic E-state index is 0.0877. The Kier molecular flexibility index (Phi) is 10.6. The van der Waals surface area contributed by atoms with Gasteiger partial charge in [0.1, 0.15) is 0 Å². The number of nitrogens with zero attached hydrogens (tertiary/aromatic N) is 3. The van der Waals surface area contributed by atoms with Crippen molar-refractivity contribution in [2.45, 2.75) is 0 Å². The van der Waals surface area contributed by atoms with Crippen molar-refractivity contribution in [1.29, 1.82) is 0 Å². The molecule has 0 unspecified atom stereocenters. The molecule has 4 heterocycles. The third kappa shape index (κ3) is 7.10. The predicted octanol–water partition coefficient (Wildman–Crippen LogP) is 19.3. The fourth-order valence-electron chi connectivity index (χ4n) is 11.7. The van der Waals surface area contributed by atoms with Crippen LogP contribution in [0.5, 0.6) is 0 Å². The Morgan fingerprint density at radius 2 is 0.707 bits per heavy atom. The minimum atomic E-state index is -0.0877. The summed E-state index contributed by atoms with van der Waals surface area (Å²) in [5.41, 5.74) is 17.4. The first kappa shape index (κ1) is 43.9. The van der Waals surface area contributed by atoms with Crippen LogP contribution in [0.4, 0.5) is 0 Å². The van der Waals surface area contributed by atoms with Gasteiger partial charge in [-0.25, -0.2) is 0 Å². The zero-order chi connectivity index (χ0) is 49.4. The van der Waals surface area contributed by atoms with Crippen molar-refractivity contribution in [3.63, 3.8) is 0 Å². The van der Waals surface area contributed by atoms with Gasteiger partial charge in [0, 0.05) is 0 Å². The van der Waals surface area contributed by atoms with Gasteiger partial charge in [0.05, 0.1) is 0 Å². The van der Waals surface area contributed by atoms with Crippen molar-refractivity contribution in [3.05, 3.63) is 249 Å². The molecular formula is C69H41N3S2Se. The molecule has 4 aromatic heterocycles. The molecule has 15 aromatic rings. The first-order valence-electron chi connectivity index (χ1n) is 25.2. The Morgan fingerprint density at radius 1 is 0.267 bits per heavy atom. The number of hydrogen-bond acceptors (Lipinski definition) is 5. The second-order valence-electron chi connectivity index (χ2n) is 18.9. The Bertz CT molecular complexity index is 4710. The zero-order valence-corrected chi connectivity index (χ0v) is 43.6. The number of benzene rings is 11. The maximum atomic E-state index is 5.48. The van der Waals surface area contributed by atoms with Gasteiger partial charge in [0.2, 0.25) is 0 Å². The average Bonchev–Trinajstić information content (AvgIpc) is 4.29. The molecule has 0 saturated carbocycles. The Hall–Kier alpha value is -8.61. The van der Waals surface area contributed by atoms with Gasteiger partial charge in [-0.05, 0) is 0 Å². The molecular weight excluding hydrogens is 1010 g/mol. The summed E-state index contributed by atoms with van der Waals surface area (Å²) in [6, 6.07) is 91.1. The monoisotopic (exact) mass is 1060 g/mol. The van der Waals surface area contributed by atoms with Crippen molar-refractivity contribution >= 4 is 96.8 Å². The summed E-state index contributed by atoms with van der Waals surface area (Å²) in [6.45, 7) is 0. The molecule has 0 N–H and O–H groups in total. The molecule has 75 heavy (non-hydrogen) atoms. The number of aromatic nitrogens is 3. The zero-order valence-electron chi connectivity index (χ0n) is 40.2. The molecule has 0 amide bonds. The van der Waals surface area contributed by atoms with E-state index in [1.807, 2.05) is 22.7 Å². The fraction of sp³-hybridized carbons (Fsp3) is 0. The summed E-state index contributed by atoms with van der Waals surface area (Å²) in [7, 11) is 0. The van der Waals surface area contributed by atoms with E-state index in [2.05, 4.69) is 249 Å². The molecule has 0 fully saturated rings. The van der Waals surface area contributed by atoms with E-state index in [0.29, 0.717) is 0 Å². The number of thiophene rings is 2. The van der Waals surface area contributed by atoms with Crippen LogP contribution >= 0.6 is 22.7 Å². The van der Waals surface area contributed by atoms with Crippen LogP contribution in [-0.2, 0) is 0 Å². The second-order valence-corrected chi connectivity index (χ2v) is 23.3. The van der Waals surface area contributed by atoms with Crippen LogP contribution < -0.4 is 0 Å². The molecule has 0 bridgehead atoms. The molecule has 3 nitrogen and oxygen atoms in total. The van der Waals surface area contributed by atoms with Gasteiger partial charge in [0.25, 0.3) is 0 Å². The number of hydrogen-bond donors (Lipinski definition) is 0. The van der Waals surface area contributed by atoms with E-state index < -0.39 is 0 Å². The molecule has 15 rings (SSSR count). The van der Waals surface area contributed by atoms with Crippen molar-refractivity contribution in [2.75, 3.05) is 0 Å². The molecule has 350 valence electrons. The average molecular weight is 1060 g/mol. The van der Waals surface area contributed by atoms with E-state index in [0.717, 1.165) is 55.9 Å². The van der Waals surface area contributed by atoms with Crippen molar-refractivity contribution in [2.24, 2.45) is 0 Å². The van der Waals surface area contributed by atoms with Gasteiger partial charge in [-0.3, -0.25) is 0 Å². The van der Waals surface area contributed by atoms with Crippen molar-refractivity contribution in [3.8, 4) is 89.3 Å². The summed E-state index contributed by atoms with van der Waals surface area (Å²) < 4.78 is 7.67. The Morgan fingerprint density at radius 3 is 1.35 bits per heavy atom. The first-order chi connectivity index (χ1) is 37.3. The molecule has 0 spiro atoms.